The molecule has 0 aliphatic carbocycles. The van der Waals surface area contributed by atoms with Crippen molar-refractivity contribution in [3.05, 3.63) is 53.1 Å². The summed E-state index contributed by atoms with van der Waals surface area (Å²) in [6.07, 6.45) is 0. The first-order valence-electron chi connectivity index (χ1n) is 6.93. The molecular formula is C16H19ClN2O2S. The van der Waals surface area contributed by atoms with E-state index >= 15 is 0 Å². The molecule has 0 aromatic heterocycles. The average molecular weight is 339 g/mol. The Labute approximate surface area is 136 Å². The Morgan fingerprint density at radius 1 is 1.00 bits per heavy atom. The molecule has 0 bridgehead atoms. The number of hydrogen-bond acceptors (Lipinski definition) is 3. The lowest BCUT2D eigenvalue weighted by Crippen LogP contribution is -2.16. The van der Waals surface area contributed by atoms with Gasteiger partial charge in [0.1, 0.15) is 0 Å². The van der Waals surface area contributed by atoms with Crippen molar-refractivity contribution in [1.29, 1.82) is 0 Å². The summed E-state index contributed by atoms with van der Waals surface area (Å²) in [6.45, 7) is 5.91. The van der Waals surface area contributed by atoms with Crippen LogP contribution in [0.15, 0.2) is 47.4 Å². The number of aryl methyl sites for hydroxylation is 1. The third kappa shape index (κ3) is 4.15. The van der Waals surface area contributed by atoms with Crippen LogP contribution in [0.1, 0.15) is 19.4 Å². The van der Waals surface area contributed by atoms with E-state index in [9.17, 15) is 8.42 Å². The highest BCUT2D eigenvalue weighted by molar-refractivity contribution is 7.92. The molecular weight excluding hydrogens is 320 g/mol. The number of benzene rings is 2. The van der Waals surface area contributed by atoms with Crippen LogP contribution in [0.5, 0.6) is 0 Å². The van der Waals surface area contributed by atoms with Crippen LogP contribution in [0, 0.1) is 6.92 Å². The summed E-state index contributed by atoms with van der Waals surface area (Å²) in [7, 11) is -3.65. The highest BCUT2D eigenvalue weighted by Gasteiger charge is 2.16. The van der Waals surface area contributed by atoms with E-state index in [2.05, 4.69) is 10.0 Å². The molecule has 2 N–H and O–H groups in total. The Kier molecular flexibility index (Phi) is 4.98. The van der Waals surface area contributed by atoms with E-state index in [0.717, 1.165) is 11.3 Å². The molecule has 22 heavy (non-hydrogen) atoms. The van der Waals surface area contributed by atoms with Gasteiger partial charge in [-0.15, -0.1) is 0 Å². The monoisotopic (exact) mass is 338 g/mol. The standard InChI is InChI=1S/C16H19ClN2O2S/c1-11(2)18-15-9-4-12(3)10-16(15)19-22(20,21)14-7-5-13(17)6-8-14/h4-11,18-19H,1-3H3. The van der Waals surface area contributed by atoms with Crippen LogP contribution in [0.2, 0.25) is 5.02 Å². The van der Waals surface area contributed by atoms with Gasteiger partial charge < -0.3 is 5.32 Å². The van der Waals surface area contributed by atoms with E-state index < -0.39 is 10.0 Å². The second kappa shape index (κ2) is 6.58. The lowest BCUT2D eigenvalue weighted by Gasteiger charge is -2.17. The van der Waals surface area contributed by atoms with Crippen molar-refractivity contribution >= 4 is 33.0 Å². The molecule has 0 amide bonds. The Hall–Kier alpha value is -1.72. The molecule has 0 fully saturated rings. The predicted octanol–water partition coefficient (Wildman–Crippen LogP) is 4.27. The van der Waals surface area contributed by atoms with Gasteiger partial charge in [0.15, 0.2) is 0 Å². The number of nitrogens with one attached hydrogen (secondary N) is 2. The Morgan fingerprint density at radius 2 is 1.64 bits per heavy atom. The zero-order chi connectivity index (χ0) is 16.3. The first-order valence-corrected chi connectivity index (χ1v) is 8.79. The second-order valence-corrected chi connectivity index (χ2v) is 7.53. The lowest BCUT2D eigenvalue weighted by atomic mass is 10.2. The van der Waals surface area contributed by atoms with Gasteiger partial charge in [0.2, 0.25) is 0 Å². The molecule has 2 rings (SSSR count). The van der Waals surface area contributed by atoms with Crippen molar-refractivity contribution in [2.45, 2.75) is 31.7 Å². The summed E-state index contributed by atoms with van der Waals surface area (Å²) in [5.41, 5.74) is 2.25. The molecule has 0 aliphatic heterocycles. The third-order valence-corrected chi connectivity index (χ3v) is 4.62. The van der Waals surface area contributed by atoms with E-state index in [-0.39, 0.29) is 10.9 Å². The maximum atomic E-state index is 12.5. The van der Waals surface area contributed by atoms with Gasteiger partial charge >= 0.3 is 0 Å². The molecule has 0 atom stereocenters. The summed E-state index contributed by atoms with van der Waals surface area (Å²) in [5, 5.41) is 3.73. The molecule has 2 aromatic carbocycles. The highest BCUT2D eigenvalue weighted by atomic mass is 35.5. The Bertz CT molecular complexity index is 756. The van der Waals surface area contributed by atoms with Crippen LogP contribution in [-0.2, 0) is 10.0 Å². The zero-order valence-electron chi connectivity index (χ0n) is 12.7. The van der Waals surface area contributed by atoms with E-state index in [1.165, 1.54) is 12.1 Å². The number of hydrogen-bond donors (Lipinski definition) is 2. The molecule has 0 radical (unpaired) electrons. The smallest absolute Gasteiger partial charge is 0.261 e. The Balaban J connectivity index is 2.36. The van der Waals surface area contributed by atoms with Gasteiger partial charge in [-0.25, -0.2) is 8.42 Å². The van der Waals surface area contributed by atoms with Gasteiger partial charge in [0.25, 0.3) is 10.0 Å². The summed E-state index contributed by atoms with van der Waals surface area (Å²) >= 11 is 5.80. The fraction of sp³-hybridized carbons (Fsp3) is 0.250. The van der Waals surface area contributed by atoms with Crippen molar-refractivity contribution < 1.29 is 8.42 Å². The van der Waals surface area contributed by atoms with Crippen LogP contribution >= 0.6 is 11.6 Å². The summed E-state index contributed by atoms with van der Waals surface area (Å²) < 4.78 is 27.6. The maximum absolute atomic E-state index is 12.5. The van der Waals surface area contributed by atoms with Gasteiger partial charge in [0, 0.05) is 11.1 Å². The first kappa shape index (κ1) is 16.6. The molecule has 0 saturated heterocycles. The molecule has 6 heteroatoms. The van der Waals surface area contributed by atoms with Gasteiger partial charge in [-0.05, 0) is 62.7 Å². The van der Waals surface area contributed by atoms with E-state index in [0.29, 0.717) is 10.7 Å². The van der Waals surface area contributed by atoms with Crippen LogP contribution in [0.25, 0.3) is 0 Å². The van der Waals surface area contributed by atoms with Crippen molar-refractivity contribution in [3.63, 3.8) is 0 Å². The number of anilines is 2. The highest BCUT2D eigenvalue weighted by Crippen LogP contribution is 2.27. The van der Waals surface area contributed by atoms with Gasteiger partial charge in [-0.1, -0.05) is 17.7 Å². The van der Waals surface area contributed by atoms with Crippen molar-refractivity contribution in [2.24, 2.45) is 0 Å². The van der Waals surface area contributed by atoms with E-state index in [4.69, 9.17) is 11.6 Å². The van der Waals surface area contributed by atoms with Gasteiger partial charge in [-0.2, -0.15) is 0 Å². The van der Waals surface area contributed by atoms with Gasteiger partial charge in [0.05, 0.1) is 16.3 Å². The normalized spacial score (nSPS) is 11.5. The molecule has 2 aromatic rings. The fourth-order valence-electron chi connectivity index (χ4n) is 2.00. The van der Waals surface area contributed by atoms with Crippen molar-refractivity contribution in [1.82, 2.24) is 0 Å². The maximum Gasteiger partial charge on any atom is 0.261 e. The summed E-state index contributed by atoms with van der Waals surface area (Å²) in [5.74, 6) is 0. The molecule has 0 heterocycles. The Morgan fingerprint density at radius 3 is 2.23 bits per heavy atom. The second-order valence-electron chi connectivity index (χ2n) is 5.41. The zero-order valence-corrected chi connectivity index (χ0v) is 14.3. The van der Waals surface area contributed by atoms with Crippen LogP contribution in [0.4, 0.5) is 11.4 Å². The third-order valence-electron chi connectivity index (χ3n) is 2.99. The van der Waals surface area contributed by atoms with Crippen molar-refractivity contribution in [3.8, 4) is 0 Å². The van der Waals surface area contributed by atoms with E-state index in [1.54, 1.807) is 18.2 Å². The predicted molar refractivity (Wildman–Crippen MR) is 92.2 cm³/mol. The minimum Gasteiger partial charge on any atom is -0.381 e. The molecule has 0 unspecified atom stereocenters. The fourth-order valence-corrected chi connectivity index (χ4v) is 3.19. The minimum atomic E-state index is -3.65. The molecule has 4 nitrogen and oxygen atoms in total. The summed E-state index contributed by atoms with van der Waals surface area (Å²) in [6, 6.07) is 11.9. The average Bonchev–Trinajstić information content (AvgIpc) is 2.41. The quantitative estimate of drug-likeness (QED) is 0.856. The molecule has 0 aliphatic rings. The first-order chi connectivity index (χ1) is 10.3. The van der Waals surface area contributed by atoms with E-state index in [1.807, 2.05) is 32.9 Å². The number of sulfonamides is 1. The molecule has 0 saturated carbocycles. The SMILES string of the molecule is Cc1ccc(NC(C)C)c(NS(=O)(=O)c2ccc(Cl)cc2)c1. The van der Waals surface area contributed by atoms with Gasteiger partial charge in [-0.3, -0.25) is 4.72 Å². The van der Waals surface area contributed by atoms with Crippen LogP contribution in [-0.4, -0.2) is 14.5 Å². The lowest BCUT2D eigenvalue weighted by molar-refractivity contribution is 0.601. The number of rotatable bonds is 5. The van der Waals surface area contributed by atoms with Crippen LogP contribution < -0.4 is 10.0 Å². The van der Waals surface area contributed by atoms with Crippen LogP contribution in [0.3, 0.4) is 0 Å². The van der Waals surface area contributed by atoms with Crippen molar-refractivity contribution in [2.75, 3.05) is 10.0 Å². The molecule has 118 valence electrons. The molecule has 0 spiro atoms. The minimum absolute atomic E-state index is 0.175. The summed E-state index contributed by atoms with van der Waals surface area (Å²) in [4.78, 5) is 0.175. The topological polar surface area (TPSA) is 58.2 Å². The largest absolute Gasteiger partial charge is 0.381 e. The number of halogens is 1.